The minimum absolute atomic E-state index is 0.584. The fourth-order valence-corrected chi connectivity index (χ4v) is 3.74. The van der Waals surface area contributed by atoms with E-state index < -0.39 is 0 Å². The zero-order valence-corrected chi connectivity index (χ0v) is 9.41. The van der Waals surface area contributed by atoms with Crippen molar-refractivity contribution in [3.8, 4) is 0 Å². The van der Waals surface area contributed by atoms with Crippen LogP contribution in [0.2, 0.25) is 0 Å². The largest absolute Gasteiger partial charge is 0.114 e. The Morgan fingerprint density at radius 3 is 2.38 bits per heavy atom. The molecule has 0 fully saturated rings. The molecular formula is C11H12S2. The monoisotopic (exact) mass is 208 g/mol. The Bertz CT molecular complexity index is 334. The molecule has 0 saturated carbocycles. The van der Waals surface area contributed by atoms with Crippen LogP contribution < -0.4 is 0 Å². The summed E-state index contributed by atoms with van der Waals surface area (Å²) in [5.74, 6) is 0. The first kappa shape index (κ1) is 9.22. The molecule has 2 heteroatoms. The molecule has 0 saturated heterocycles. The molecule has 2 rings (SSSR count). The van der Waals surface area contributed by atoms with Crippen LogP contribution in [0, 0.1) is 13.8 Å². The Kier molecular flexibility index (Phi) is 2.70. The van der Waals surface area contributed by atoms with Crippen molar-refractivity contribution in [2.45, 2.75) is 18.4 Å². The summed E-state index contributed by atoms with van der Waals surface area (Å²) in [5.41, 5.74) is 4.22. The van der Waals surface area contributed by atoms with E-state index in [1.54, 1.807) is 0 Å². The van der Waals surface area contributed by atoms with Crippen LogP contribution in [0.3, 0.4) is 0 Å². The van der Waals surface area contributed by atoms with Crippen molar-refractivity contribution < 1.29 is 0 Å². The molecule has 0 amide bonds. The first-order chi connectivity index (χ1) is 6.27. The summed E-state index contributed by atoms with van der Waals surface area (Å²) in [6, 6.07) is 6.71. The van der Waals surface area contributed by atoms with Crippen LogP contribution in [-0.4, -0.2) is 0 Å². The van der Waals surface area contributed by atoms with Gasteiger partial charge in [0.05, 0.1) is 4.58 Å². The minimum Gasteiger partial charge on any atom is -0.114 e. The average molecular weight is 208 g/mol. The summed E-state index contributed by atoms with van der Waals surface area (Å²) in [5, 5.41) is 4.35. The van der Waals surface area contributed by atoms with Crippen molar-refractivity contribution in [1.82, 2.24) is 0 Å². The van der Waals surface area contributed by atoms with Crippen molar-refractivity contribution in [2.24, 2.45) is 0 Å². The van der Waals surface area contributed by atoms with E-state index in [-0.39, 0.29) is 0 Å². The molecule has 1 aliphatic heterocycles. The molecule has 0 nitrogen and oxygen atoms in total. The highest BCUT2D eigenvalue weighted by atomic mass is 32.2. The summed E-state index contributed by atoms with van der Waals surface area (Å²) < 4.78 is 0.584. The van der Waals surface area contributed by atoms with Crippen LogP contribution in [-0.2, 0) is 0 Å². The lowest BCUT2D eigenvalue weighted by Crippen LogP contribution is -1.90. The Morgan fingerprint density at radius 1 is 1.08 bits per heavy atom. The summed E-state index contributed by atoms with van der Waals surface area (Å²) in [6.07, 6.45) is 0. The van der Waals surface area contributed by atoms with Gasteiger partial charge in [0.15, 0.2) is 0 Å². The number of hydrogen-bond acceptors (Lipinski definition) is 2. The number of aryl methyl sites for hydroxylation is 2. The molecular weight excluding hydrogens is 196 g/mol. The second-order valence-corrected chi connectivity index (χ2v) is 5.57. The van der Waals surface area contributed by atoms with E-state index in [1.807, 2.05) is 23.5 Å². The third kappa shape index (κ3) is 1.94. The van der Waals surface area contributed by atoms with E-state index in [2.05, 4.69) is 42.9 Å². The van der Waals surface area contributed by atoms with Crippen molar-refractivity contribution in [1.29, 1.82) is 0 Å². The fraction of sp³-hybridized carbons (Fsp3) is 0.273. The molecule has 13 heavy (non-hydrogen) atoms. The first-order valence-corrected chi connectivity index (χ1v) is 6.19. The number of rotatable bonds is 1. The lowest BCUT2D eigenvalue weighted by atomic mass is 10.1. The van der Waals surface area contributed by atoms with Crippen LogP contribution in [0.5, 0.6) is 0 Å². The number of thioether (sulfide) groups is 2. The van der Waals surface area contributed by atoms with Gasteiger partial charge in [0, 0.05) is 0 Å². The standard InChI is InChI=1S/C11H12S2/c1-8-3-4-10(9(2)7-8)11-12-5-6-13-11/h3-7,11H,1-2H3. The molecule has 1 aliphatic rings. The molecule has 0 bridgehead atoms. The summed E-state index contributed by atoms with van der Waals surface area (Å²) in [6.45, 7) is 4.34. The van der Waals surface area contributed by atoms with E-state index >= 15 is 0 Å². The average Bonchev–Trinajstić information content (AvgIpc) is 2.56. The van der Waals surface area contributed by atoms with Gasteiger partial charge in [-0.2, -0.15) is 0 Å². The van der Waals surface area contributed by atoms with Gasteiger partial charge in [0.25, 0.3) is 0 Å². The second-order valence-electron chi connectivity index (χ2n) is 3.24. The lowest BCUT2D eigenvalue weighted by molar-refractivity contribution is 1.27. The second kappa shape index (κ2) is 3.81. The van der Waals surface area contributed by atoms with Gasteiger partial charge in [-0.25, -0.2) is 0 Å². The van der Waals surface area contributed by atoms with E-state index in [0.717, 1.165) is 0 Å². The fourth-order valence-electron chi connectivity index (χ4n) is 1.48. The zero-order valence-electron chi connectivity index (χ0n) is 7.78. The van der Waals surface area contributed by atoms with Crippen LogP contribution in [0.15, 0.2) is 29.0 Å². The molecule has 0 atom stereocenters. The molecule has 0 aliphatic carbocycles. The predicted octanol–water partition coefficient (Wildman–Crippen LogP) is 4.25. The quantitative estimate of drug-likeness (QED) is 0.676. The van der Waals surface area contributed by atoms with Crippen molar-refractivity contribution in [3.63, 3.8) is 0 Å². The SMILES string of the molecule is Cc1ccc(C2SC=CS2)c(C)c1. The number of hydrogen-bond donors (Lipinski definition) is 0. The number of benzene rings is 1. The third-order valence-corrected chi connectivity index (χ3v) is 4.57. The Labute approximate surface area is 87.8 Å². The lowest BCUT2D eigenvalue weighted by Gasteiger charge is -2.11. The van der Waals surface area contributed by atoms with Gasteiger partial charge in [-0.1, -0.05) is 23.8 Å². The van der Waals surface area contributed by atoms with Crippen LogP contribution in [0.4, 0.5) is 0 Å². The normalized spacial score (nSPS) is 16.8. The summed E-state index contributed by atoms with van der Waals surface area (Å²) >= 11 is 3.80. The maximum absolute atomic E-state index is 2.26. The molecule has 0 spiro atoms. The van der Waals surface area contributed by atoms with Crippen LogP contribution in [0.1, 0.15) is 21.3 Å². The van der Waals surface area contributed by atoms with Crippen molar-refractivity contribution >= 4 is 23.5 Å². The molecule has 1 heterocycles. The van der Waals surface area contributed by atoms with Crippen molar-refractivity contribution in [2.75, 3.05) is 0 Å². The van der Waals surface area contributed by atoms with Crippen LogP contribution in [0.25, 0.3) is 0 Å². The Morgan fingerprint density at radius 2 is 1.77 bits per heavy atom. The molecule has 1 aromatic carbocycles. The topological polar surface area (TPSA) is 0 Å². The van der Waals surface area contributed by atoms with Gasteiger partial charge in [-0.15, -0.1) is 23.5 Å². The van der Waals surface area contributed by atoms with E-state index in [1.165, 1.54) is 16.7 Å². The highest BCUT2D eigenvalue weighted by Gasteiger charge is 2.15. The Balaban J connectivity index is 2.30. The van der Waals surface area contributed by atoms with Gasteiger partial charge in [-0.05, 0) is 35.8 Å². The van der Waals surface area contributed by atoms with E-state index in [9.17, 15) is 0 Å². The third-order valence-electron chi connectivity index (χ3n) is 2.14. The van der Waals surface area contributed by atoms with Crippen LogP contribution >= 0.6 is 23.5 Å². The molecule has 1 aromatic rings. The first-order valence-electron chi connectivity index (χ1n) is 4.30. The maximum Gasteiger partial charge on any atom is 0.0836 e. The maximum atomic E-state index is 2.26. The molecule has 0 N–H and O–H groups in total. The molecule has 0 unspecified atom stereocenters. The summed E-state index contributed by atoms with van der Waals surface area (Å²) in [7, 11) is 0. The molecule has 0 aromatic heterocycles. The van der Waals surface area contributed by atoms with Gasteiger partial charge in [-0.3, -0.25) is 0 Å². The van der Waals surface area contributed by atoms with E-state index in [4.69, 9.17) is 0 Å². The van der Waals surface area contributed by atoms with E-state index in [0.29, 0.717) is 4.58 Å². The molecule has 68 valence electrons. The van der Waals surface area contributed by atoms with Gasteiger partial charge < -0.3 is 0 Å². The van der Waals surface area contributed by atoms with Gasteiger partial charge >= 0.3 is 0 Å². The van der Waals surface area contributed by atoms with Gasteiger partial charge in [0.2, 0.25) is 0 Å². The summed E-state index contributed by atoms with van der Waals surface area (Å²) in [4.78, 5) is 0. The highest BCUT2D eigenvalue weighted by Crippen LogP contribution is 2.47. The zero-order chi connectivity index (χ0) is 9.26. The smallest absolute Gasteiger partial charge is 0.0836 e. The Hall–Kier alpha value is -0.340. The minimum atomic E-state index is 0.584. The highest BCUT2D eigenvalue weighted by molar-refractivity contribution is 8.21. The van der Waals surface area contributed by atoms with Gasteiger partial charge in [0.1, 0.15) is 0 Å². The predicted molar refractivity (Wildman–Crippen MR) is 63.0 cm³/mol. The van der Waals surface area contributed by atoms with Crippen molar-refractivity contribution in [3.05, 3.63) is 45.7 Å². The molecule has 0 radical (unpaired) electrons.